The lowest BCUT2D eigenvalue weighted by atomic mass is 9.94. The molecule has 0 aliphatic heterocycles. The second-order valence-electron chi connectivity index (χ2n) is 16.6. The van der Waals surface area contributed by atoms with E-state index in [0.29, 0.717) is 16.7 Å². The van der Waals surface area contributed by atoms with Gasteiger partial charge in [0.15, 0.2) is 0 Å². The Bertz CT molecular complexity index is 3520. The van der Waals surface area contributed by atoms with Crippen LogP contribution in [0.15, 0.2) is 225 Å². The van der Waals surface area contributed by atoms with Gasteiger partial charge in [-0.05, 0) is 99.1 Å². The molecule has 0 radical (unpaired) electrons. The average Bonchev–Trinajstić information content (AvgIpc) is 3.90. The van der Waals surface area contributed by atoms with Crippen LogP contribution in [0.25, 0.3) is 111 Å². The lowest BCUT2D eigenvalue weighted by Gasteiger charge is -2.20. The van der Waals surface area contributed by atoms with Gasteiger partial charge >= 0.3 is 0 Å². The van der Waals surface area contributed by atoms with Gasteiger partial charge in [-0.2, -0.15) is 10.5 Å². The van der Waals surface area contributed by atoms with Crippen LogP contribution in [0.5, 0.6) is 0 Å². The summed E-state index contributed by atoms with van der Waals surface area (Å²) in [6, 6.07) is 78.9. The Morgan fingerprint density at radius 1 is 0.333 bits per heavy atom. The third kappa shape index (κ3) is 6.27. The molecule has 9 aromatic carbocycles. The minimum Gasteiger partial charge on any atom is -0.307 e. The summed E-state index contributed by atoms with van der Waals surface area (Å²) in [7, 11) is 0. The zero-order chi connectivity index (χ0) is 44.1. The summed E-state index contributed by atoms with van der Waals surface area (Å²) in [4.78, 5) is 5.08. The molecule has 0 atom stereocenters. The summed E-state index contributed by atoms with van der Waals surface area (Å²) in [5.41, 5.74) is 16.6. The maximum Gasteiger partial charge on any atom is 0.101 e. The smallest absolute Gasteiger partial charge is 0.101 e. The van der Waals surface area contributed by atoms with Crippen molar-refractivity contribution in [3.05, 3.63) is 236 Å². The first-order chi connectivity index (χ1) is 32.7. The quantitative estimate of drug-likeness (QED) is 0.160. The Hall–Kier alpha value is -9.29. The molecule has 0 unspecified atom stereocenters. The number of nitriles is 2. The normalized spacial score (nSPS) is 11.3. The lowest BCUT2D eigenvalue weighted by molar-refractivity contribution is 1.09. The third-order valence-electron chi connectivity index (χ3n) is 12.9. The minimum atomic E-state index is 0.311. The molecule has 3 heterocycles. The molecule has 0 bridgehead atoms. The fourth-order valence-corrected chi connectivity index (χ4v) is 9.83. The molecule has 0 saturated carbocycles. The van der Waals surface area contributed by atoms with Gasteiger partial charge in [0.1, 0.15) is 12.1 Å². The highest BCUT2D eigenvalue weighted by Crippen LogP contribution is 2.45. The Morgan fingerprint density at radius 3 is 1.00 bits per heavy atom. The molecule has 306 valence electrons. The summed E-state index contributed by atoms with van der Waals surface area (Å²) in [6.45, 7) is 0. The van der Waals surface area contributed by atoms with Crippen molar-refractivity contribution in [3.8, 4) is 79.1 Å². The van der Waals surface area contributed by atoms with Gasteiger partial charge in [0.25, 0.3) is 0 Å². The predicted molar refractivity (Wildman–Crippen MR) is 270 cm³/mol. The monoisotopic (exact) mass is 839 g/mol. The van der Waals surface area contributed by atoms with Crippen molar-refractivity contribution in [2.75, 3.05) is 0 Å². The number of hydrogen-bond acceptors (Lipinski definition) is 3. The van der Waals surface area contributed by atoms with Crippen LogP contribution in [-0.4, -0.2) is 14.1 Å². The van der Waals surface area contributed by atoms with Crippen LogP contribution in [0.2, 0.25) is 0 Å². The number of nitrogens with zero attached hydrogens (tertiary/aromatic N) is 5. The van der Waals surface area contributed by atoms with Crippen molar-refractivity contribution in [1.29, 1.82) is 10.5 Å². The van der Waals surface area contributed by atoms with Crippen LogP contribution < -0.4 is 0 Å². The first-order valence-corrected chi connectivity index (χ1v) is 22.0. The molecule has 0 aliphatic carbocycles. The maximum absolute atomic E-state index is 10.9. The van der Waals surface area contributed by atoms with Crippen molar-refractivity contribution in [2.45, 2.75) is 0 Å². The van der Waals surface area contributed by atoms with Crippen molar-refractivity contribution < 1.29 is 0 Å². The number of fused-ring (bicyclic) bond motifs is 6. The fraction of sp³-hybridized carbons (Fsp3) is 0. The zero-order valence-electron chi connectivity index (χ0n) is 35.6. The first kappa shape index (κ1) is 38.4. The van der Waals surface area contributed by atoms with Crippen molar-refractivity contribution in [2.24, 2.45) is 0 Å². The van der Waals surface area contributed by atoms with Crippen LogP contribution >= 0.6 is 0 Å². The van der Waals surface area contributed by atoms with Gasteiger partial charge < -0.3 is 9.13 Å². The van der Waals surface area contributed by atoms with Gasteiger partial charge in [0.2, 0.25) is 0 Å². The van der Waals surface area contributed by atoms with Gasteiger partial charge in [-0.1, -0.05) is 158 Å². The van der Waals surface area contributed by atoms with Crippen molar-refractivity contribution in [1.82, 2.24) is 14.1 Å². The Balaban J connectivity index is 1.20. The highest BCUT2D eigenvalue weighted by molar-refractivity contribution is 6.14. The molecule has 0 spiro atoms. The maximum atomic E-state index is 10.9. The molecule has 12 aromatic rings. The Morgan fingerprint density at radius 2 is 0.682 bits per heavy atom. The summed E-state index contributed by atoms with van der Waals surface area (Å²) in [5.74, 6) is 0. The van der Waals surface area contributed by atoms with E-state index in [4.69, 9.17) is 4.98 Å². The van der Waals surface area contributed by atoms with E-state index in [9.17, 15) is 10.5 Å². The number of rotatable bonds is 7. The SMILES string of the molecule is N#Cc1cccc(-c2c(-n3c4ccc(-c5ccccc5)cc4c4cc(-c5ccccc5)ccc43)cncc2-n2c3ccc(-c4ccccc4)cc3c3cc(-c4ccccc4)ccc32)c1C#N. The summed E-state index contributed by atoms with van der Waals surface area (Å²) < 4.78 is 4.57. The molecular formula is C61H37N5. The lowest BCUT2D eigenvalue weighted by Crippen LogP contribution is -2.06. The number of hydrogen-bond donors (Lipinski definition) is 0. The topological polar surface area (TPSA) is 70.3 Å². The van der Waals surface area contributed by atoms with Gasteiger partial charge in [-0.3, -0.25) is 4.98 Å². The first-order valence-electron chi connectivity index (χ1n) is 22.0. The standard InChI is InChI=1S/C61H37N5/c62-36-48-22-13-23-49(54(48)37-63)61-59(65-55-28-24-44(40-14-5-1-6-15-40)32-50(55)51-33-45(25-29-56(51)65)41-16-7-2-8-17-41)38-64-39-60(61)66-57-30-26-46(42-18-9-3-10-19-42)34-52(57)53-35-47(27-31-58(53)66)43-20-11-4-12-21-43/h1-35,38-39H. The predicted octanol–water partition coefficient (Wildman–Crippen LogP) is 15.4. The van der Waals surface area contributed by atoms with E-state index in [0.717, 1.165) is 105 Å². The number of benzene rings is 9. The zero-order valence-corrected chi connectivity index (χ0v) is 35.6. The highest BCUT2D eigenvalue weighted by atomic mass is 15.0. The minimum absolute atomic E-state index is 0.311. The van der Waals surface area contributed by atoms with E-state index in [1.54, 1.807) is 6.07 Å². The Kier molecular flexibility index (Phi) is 9.19. The van der Waals surface area contributed by atoms with E-state index >= 15 is 0 Å². The van der Waals surface area contributed by atoms with Gasteiger partial charge in [-0.15, -0.1) is 0 Å². The van der Waals surface area contributed by atoms with E-state index in [2.05, 4.69) is 191 Å². The molecule has 0 N–H and O–H groups in total. The Labute approximate surface area is 381 Å². The average molecular weight is 840 g/mol. The largest absolute Gasteiger partial charge is 0.307 e. The molecule has 12 rings (SSSR count). The van der Waals surface area contributed by atoms with Crippen LogP contribution in [0, 0.1) is 22.7 Å². The van der Waals surface area contributed by atoms with Crippen molar-refractivity contribution >= 4 is 43.6 Å². The molecule has 0 saturated heterocycles. The van der Waals surface area contributed by atoms with E-state index in [1.807, 2.05) is 48.8 Å². The van der Waals surface area contributed by atoms with Crippen LogP contribution in [0.4, 0.5) is 0 Å². The third-order valence-corrected chi connectivity index (χ3v) is 12.9. The molecule has 5 nitrogen and oxygen atoms in total. The molecule has 5 heteroatoms. The van der Waals surface area contributed by atoms with Gasteiger partial charge in [0.05, 0.1) is 57.0 Å². The second-order valence-corrected chi connectivity index (χ2v) is 16.6. The van der Waals surface area contributed by atoms with Crippen LogP contribution in [0.3, 0.4) is 0 Å². The number of aromatic nitrogens is 3. The molecule has 0 amide bonds. The molecule has 0 fully saturated rings. The summed E-state index contributed by atoms with van der Waals surface area (Å²) in [5, 5.41) is 25.7. The van der Waals surface area contributed by atoms with Crippen molar-refractivity contribution in [3.63, 3.8) is 0 Å². The molecule has 0 aliphatic rings. The van der Waals surface area contributed by atoms with Gasteiger partial charge in [0, 0.05) is 32.7 Å². The summed E-state index contributed by atoms with van der Waals surface area (Å²) in [6.07, 6.45) is 3.81. The fourth-order valence-electron chi connectivity index (χ4n) is 9.83. The number of pyridine rings is 1. The van der Waals surface area contributed by atoms with E-state index < -0.39 is 0 Å². The van der Waals surface area contributed by atoms with Gasteiger partial charge in [-0.25, -0.2) is 0 Å². The molecule has 66 heavy (non-hydrogen) atoms. The van der Waals surface area contributed by atoms with E-state index in [-0.39, 0.29) is 0 Å². The second kappa shape index (κ2) is 15.8. The molecule has 3 aromatic heterocycles. The van der Waals surface area contributed by atoms with Crippen LogP contribution in [-0.2, 0) is 0 Å². The molecular weight excluding hydrogens is 803 g/mol. The highest BCUT2D eigenvalue weighted by Gasteiger charge is 2.25. The summed E-state index contributed by atoms with van der Waals surface area (Å²) >= 11 is 0. The van der Waals surface area contributed by atoms with E-state index in [1.165, 1.54) is 0 Å². The van der Waals surface area contributed by atoms with Crippen LogP contribution in [0.1, 0.15) is 11.1 Å².